The summed E-state index contributed by atoms with van der Waals surface area (Å²) in [5, 5.41) is 13.3. The van der Waals surface area contributed by atoms with E-state index in [4.69, 9.17) is 4.42 Å². The number of aromatic nitrogens is 3. The molecule has 0 fully saturated rings. The highest BCUT2D eigenvalue weighted by molar-refractivity contribution is 6.00. The smallest absolute Gasteiger partial charge is 0.339 e. The summed E-state index contributed by atoms with van der Waals surface area (Å²) in [5.74, 6) is -0.580. The van der Waals surface area contributed by atoms with Crippen molar-refractivity contribution in [2.24, 2.45) is 7.05 Å². The van der Waals surface area contributed by atoms with Gasteiger partial charge in [-0.25, -0.2) is 9.78 Å². The molecule has 2 heterocycles. The van der Waals surface area contributed by atoms with Crippen LogP contribution in [0.15, 0.2) is 59.1 Å². The predicted octanol–water partition coefficient (Wildman–Crippen LogP) is 4.13. The number of oxazole rings is 1. The average Bonchev–Trinajstić information content (AvgIpc) is 3.34. The first-order valence-electron chi connectivity index (χ1n) is 9.26. The molecular weight excluding hydrogens is 370 g/mol. The van der Waals surface area contributed by atoms with Crippen LogP contribution in [0.25, 0.3) is 22.6 Å². The van der Waals surface area contributed by atoms with Gasteiger partial charge < -0.3 is 9.52 Å². The molecule has 0 atom stereocenters. The fourth-order valence-electron chi connectivity index (χ4n) is 3.28. The number of hydrogen-bond acceptors (Lipinski definition) is 5. The Morgan fingerprint density at radius 3 is 2.59 bits per heavy atom. The number of Topliss-reactive ketones (excluding diaryl/α,β-unsaturated/α-hetero) is 1. The second-order valence-electron chi connectivity index (χ2n) is 6.79. The van der Waals surface area contributed by atoms with Gasteiger partial charge in [0.1, 0.15) is 16.8 Å². The highest BCUT2D eigenvalue weighted by atomic mass is 16.4. The van der Waals surface area contributed by atoms with E-state index in [1.54, 1.807) is 36.1 Å². The highest BCUT2D eigenvalue weighted by Crippen LogP contribution is 2.27. The van der Waals surface area contributed by atoms with E-state index in [9.17, 15) is 14.7 Å². The monoisotopic (exact) mass is 389 g/mol. The van der Waals surface area contributed by atoms with Gasteiger partial charge in [0.25, 0.3) is 0 Å². The second kappa shape index (κ2) is 7.71. The molecule has 4 aromatic rings. The molecule has 146 valence electrons. The zero-order valence-corrected chi connectivity index (χ0v) is 15.8. The van der Waals surface area contributed by atoms with Gasteiger partial charge in [-0.3, -0.25) is 9.48 Å². The molecule has 4 rings (SSSR count). The van der Waals surface area contributed by atoms with E-state index in [-0.39, 0.29) is 16.9 Å². The van der Waals surface area contributed by atoms with Crippen molar-refractivity contribution in [2.75, 3.05) is 0 Å². The Hall–Kier alpha value is -3.74. The number of ketones is 1. The number of aryl methyl sites for hydroxylation is 2. The zero-order chi connectivity index (χ0) is 20.4. The van der Waals surface area contributed by atoms with Crippen LogP contribution in [0.2, 0.25) is 0 Å². The van der Waals surface area contributed by atoms with Crippen LogP contribution in [0.1, 0.15) is 39.3 Å². The lowest BCUT2D eigenvalue weighted by molar-refractivity contribution is 0.0697. The molecule has 2 aromatic heterocycles. The lowest BCUT2D eigenvalue weighted by Gasteiger charge is -2.03. The first-order chi connectivity index (χ1) is 14.0. The number of carbonyl (C=O) groups is 2. The minimum atomic E-state index is -1.05. The van der Waals surface area contributed by atoms with Crippen molar-refractivity contribution >= 4 is 22.9 Å². The van der Waals surface area contributed by atoms with Gasteiger partial charge in [-0.1, -0.05) is 18.2 Å². The van der Waals surface area contributed by atoms with Gasteiger partial charge in [-0.05, 0) is 48.7 Å². The molecule has 0 spiro atoms. The summed E-state index contributed by atoms with van der Waals surface area (Å²) >= 11 is 0. The number of carboxylic acid groups (broad SMARTS) is 1. The van der Waals surface area contributed by atoms with Crippen molar-refractivity contribution in [1.29, 1.82) is 0 Å². The third kappa shape index (κ3) is 3.80. The molecule has 0 unspecified atom stereocenters. The molecule has 2 aromatic carbocycles. The van der Waals surface area contributed by atoms with Crippen LogP contribution in [0.3, 0.4) is 0 Å². The molecule has 0 bridgehead atoms. The van der Waals surface area contributed by atoms with Gasteiger partial charge in [-0.2, -0.15) is 5.10 Å². The molecule has 0 amide bonds. The van der Waals surface area contributed by atoms with Crippen molar-refractivity contribution in [3.8, 4) is 11.5 Å². The number of nitrogens with zero attached hydrogens (tertiary/aromatic N) is 3. The fraction of sp³-hybridized carbons (Fsp3) is 0.182. The summed E-state index contributed by atoms with van der Waals surface area (Å²) < 4.78 is 7.30. The van der Waals surface area contributed by atoms with Gasteiger partial charge in [0, 0.05) is 25.2 Å². The number of benzene rings is 2. The quantitative estimate of drug-likeness (QED) is 0.477. The van der Waals surface area contributed by atoms with Crippen LogP contribution in [-0.4, -0.2) is 31.6 Å². The number of hydrogen-bond donors (Lipinski definition) is 1. The van der Waals surface area contributed by atoms with E-state index < -0.39 is 5.97 Å². The summed E-state index contributed by atoms with van der Waals surface area (Å²) in [6, 6.07) is 14.3. The van der Waals surface area contributed by atoms with Crippen LogP contribution in [-0.2, 0) is 13.5 Å². The van der Waals surface area contributed by atoms with E-state index in [1.165, 1.54) is 6.07 Å². The topological polar surface area (TPSA) is 98.2 Å². The Morgan fingerprint density at radius 2 is 1.90 bits per heavy atom. The minimum absolute atomic E-state index is 0.0855. The molecule has 0 aliphatic rings. The van der Waals surface area contributed by atoms with Crippen molar-refractivity contribution < 1.29 is 19.1 Å². The maximum absolute atomic E-state index is 12.2. The number of para-hydroxylation sites is 1. The van der Waals surface area contributed by atoms with Gasteiger partial charge in [-0.15, -0.1) is 0 Å². The summed E-state index contributed by atoms with van der Waals surface area (Å²) in [6.07, 6.45) is 3.61. The molecule has 1 N–H and O–H groups in total. The molecule has 0 aliphatic heterocycles. The lowest BCUT2D eigenvalue weighted by Crippen LogP contribution is -2.07. The first kappa shape index (κ1) is 18.6. The Bertz CT molecular complexity index is 1190. The normalized spacial score (nSPS) is 11.1. The van der Waals surface area contributed by atoms with Crippen LogP contribution in [0.5, 0.6) is 0 Å². The van der Waals surface area contributed by atoms with E-state index in [1.807, 2.05) is 24.3 Å². The third-order valence-electron chi connectivity index (χ3n) is 4.82. The maximum atomic E-state index is 12.2. The van der Waals surface area contributed by atoms with Crippen LogP contribution in [0.4, 0.5) is 0 Å². The van der Waals surface area contributed by atoms with Crippen molar-refractivity contribution in [3.05, 3.63) is 71.5 Å². The molecule has 7 nitrogen and oxygen atoms in total. The average molecular weight is 389 g/mol. The standard InChI is InChI=1S/C22H19N3O4/c1-25-18(12-13-23-25)19(26)7-2-4-14-8-10-15(11-9-14)21-24-17-6-3-5-16(22(27)28)20(17)29-21/h3,5-6,8-13H,2,4,7H2,1H3,(H,27,28). The zero-order valence-electron chi connectivity index (χ0n) is 15.8. The molecule has 0 aliphatic carbocycles. The van der Waals surface area contributed by atoms with E-state index in [0.29, 0.717) is 23.5 Å². The fourth-order valence-corrected chi connectivity index (χ4v) is 3.28. The summed E-state index contributed by atoms with van der Waals surface area (Å²) in [7, 11) is 1.76. The SMILES string of the molecule is Cn1nccc1C(=O)CCCc1ccc(-c2nc3cccc(C(=O)O)c3o2)cc1. The summed E-state index contributed by atoms with van der Waals surface area (Å²) in [5.41, 5.74) is 3.37. The van der Waals surface area contributed by atoms with E-state index in [0.717, 1.165) is 24.0 Å². The number of rotatable bonds is 7. The number of aromatic carboxylic acids is 1. The van der Waals surface area contributed by atoms with Crippen LogP contribution >= 0.6 is 0 Å². The summed E-state index contributed by atoms with van der Waals surface area (Å²) in [6.45, 7) is 0. The maximum Gasteiger partial charge on any atom is 0.339 e. The van der Waals surface area contributed by atoms with Crippen molar-refractivity contribution in [1.82, 2.24) is 14.8 Å². The predicted molar refractivity (Wildman–Crippen MR) is 107 cm³/mol. The Balaban J connectivity index is 1.43. The third-order valence-corrected chi connectivity index (χ3v) is 4.82. The number of fused-ring (bicyclic) bond motifs is 1. The molecule has 0 saturated carbocycles. The largest absolute Gasteiger partial charge is 0.478 e. The molecule has 0 radical (unpaired) electrons. The first-order valence-corrected chi connectivity index (χ1v) is 9.26. The lowest BCUT2D eigenvalue weighted by atomic mass is 10.0. The van der Waals surface area contributed by atoms with E-state index in [2.05, 4.69) is 10.1 Å². The van der Waals surface area contributed by atoms with Gasteiger partial charge in [0.05, 0.1) is 0 Å². The Morgan fingerprint density at radius 1 is 1.10 bits per heavy atom. The molecule has 29 heavy (non-hydrogen) atoms. The van der Waals surface area contributed by atoms with E-state index >= 15 is 0 Å². The van der Waals surface area contributed by atoms with Gasteiger partial charge >= 0.3 is 5.97 Å². The van der Waals surface area contributed by atoms with Crippen molar-refractivity contribution in [3.63, 3.8) is 0 Å². The minimum Gasteiger partial charge on any atom is -0.478 e. The molecular formula is C22H19N3O4. The van der Waals surface area contributed by atoms with Gasteiger partial charge in [0.2, 0.25) is 5.89 Å². The highest BCUT2D eigenvalue weighted by Gasteiger charge is 2.15. The Kier molecular flexibility index (Phi) is 4.95. The molecule has 7 heteroatoms. The Labute approximate surface area is 166 Å². The van der Waals surface area contributed by atoms with Gasteiger partial charge in [0.15, 0.2) is 11.4 Å². The van der Waals surface area contributed by atoms with Crippen LogP contribution in [0, 0.1) is 0 Å². The summed E-state index contributed by atoms with van der Waals surface area (Å²) in [4.78, 5) is 27.9. The second-order valence-corrected chi connectivity index (χ2v) is 6.79. The van der Waals surface area contributed by atoms with Crippen molar-refractivity contribution in [2.45, 2.75) is 19.3 Å². The number of carbonyl (C=O) groups excluding carboxylic acids is 1. The molecule has 0 saturated heterocycles. The van der Waals surface area contributed by atoms with Crippen LogP contribution < -0.4 is 0 Å². The number of carboxylic acids is 1.